The van der Waals surface area contributed by atoms with Gasteiger partial charge in [-0.3, -0.25) is 14.7 Å². The van der Waals surface area contributed by atoms with Crippen LogP contribution in [0.15, 0.2) is 0 Å². The van der Waals surface area contributed by atoms with Gasteiger partial charge in [0.05, 0.1) is 83.4 Å². The zero-order valence-electron chi connectivity index (χ0n) is 23.7. The molecule has 12 nitrogen and oxygen atoms in total. The van der Waals surface area contributed by atoms with Crippen LogP contribution in [0, 0.1) is 5.41 Å². The van der Waals surface area contributed by atoms with Gasteiger partial charge in [0.15, 0.2) is 0 Å². The molecule has 3 aliphatic heterocycles. The number of nitrogens with zero attached hydrogens (tertiary/aromatic N) is 3. The van der Waals surface area contributed by atoms with Crippen molar-refractivity contribution in [2.24, 2.45) is 5.41 Å². The van der Waals surface area contributed by atoms with Crippen LogP contribution in [0.4, 0.5) is 0 Å². The Morgan fingerprint density at radius 1 is 0.615 bits per heavy atom. The Kier molecular flexibility index (Phi) is 14.8. The number of ether oxygens (including phenoxy) is 4. The van der Waals surface area contributed by atoms with E-state index < -0.39 is 35.9 Å². The Morgan fingerprint density at radius 3 is 1.33 bits per heavy atom. The molecule has 0 spiro atoms. The van der Waals surface area contributed by atoms with E-state index in [9.17, 15) is 25.5 Å². The number of aliphatic hydroxyl groups is 5. The molecule has 0 saturated carbocycles. The van der Waals surface area contributed by atoms with E-state index in [1.54, 1.807) is 0 Å². The Labute approximate surface area is 233 Å². The second-order valence-electron chi connectivity index (χ2n) is 11.3. The highest BCUT2D eigenvalue weighted by atomic mass is 16.5. The summed E-state index contributed by atoms with van der Waals surface area (Å²) in [5, 5.41) is 55.1. The van der Waals surface area contributed by atoms with Gasteiger partial charge in [-0.2, -0.15) is 0 Å². The van der Waals surface area contributed by atoms with Crippen molar-refractivity contribution in [2.45, 2.75) is 56.7 Å². The molecule has 3 saturated heterocycles. The molecule has 3 heterocycles. The highest BCUT2D eigenvalue weighted by molar-refractivity contribution is 4.95. The van der Waals surface area contributed by atoms with E-state index in [2.05, 4.69) is 14.7 Å². The van der Waals surface area contributed by atoms with Crippen LogP contribution in [-0.4, -0.2) is 183 Å². The summed E-state index contributed by atoms with van der Waals surface area (Å²) in [4.78, 5) is 6.34. The molecule has 12 heteroatoms. The van der Waals surface area contributed by atoms with Crippen LogP contribution in [0.5, 0.6) is 0 Å². The average molecular weight is 564 g/mol. The molecule has 3 rings (SSSR count). The molecule has 0 aliphatic carbocycles. The molecule has 5 N–H and O–H groups in total. The van der Waals surface area contributed by atoms with E-state index in [-0.39, 0.29) is 26.1 Å². The fourth-order valence-corrected chi connectivity index (χ4v) is 5.80. The topological polar surface area (TPSA) is 148 Å². The minimum atomic E-state index is -1.11. The van der Waals surface area contributed by atoms with Crippen molar-refractivity contribution in [1.82, 2.24) is 14.7 Å². The van der Waals surface area contributed by atoms with Crippen LogP contribution in [0.3, 0.4) is 0 Å². The van der Waals surface area contributed by atoms with Crippen LogP contribution in [0.25, 0.3) is 0 Å². The smallest absolute Gasteiger partial charge is 0.0900 e. The third kappa shape index (κ3) is 11.0. The summed E-state index contributed by atoms with van der Waals surface area (Å²) < 4.78 is 22.1. The second kappa shape index (κ2) is 17.5. The minimum Gasteiger partial charge on any atom is -0.392 e. The molecule has 0 aromatic heterocycles. The SMILES string of the molecule is CCC(COCC(O)CN1CCOCC1)(C(O)CC(O)CN1CCOCC1)C(O)CC(O)CN1CCOCC1. The van der Waals surface area contributed by atoms with Gasteiger partial charge in [0.25, 0.3) is 0 Å². The van der Waals surface area contributed by atoms with Crippen molar-refractivity contribution >= 4 is 0 Å². The molecule has 230 valence electrons. The normalized spacial score (nSPS) is 26.0. The molecule has 3 fully saturated rings. The van der Waals surface area contributed by atoms with Gasteiger partial charge in [0, 0.05) is 77.2 Å². The molecule has 39 heavy (non-hydrogen) atoms. The Balaban J connectivity index is 1.59. The number of hydrogen-bond donors (Lipinski definition) is 5. The van der Waals surface area contributed by atoms with Gasteiger partial charge in [-0.25, -0.2) is 0 Å². The van der Waals surface area contributed by atoms with Crippen molar-refractivity contribution in [3.05, 3.63) is 0 Å². The lowest BCUT2D eigenvalue weighted by Gasteiger charge is -2.43. The first-order valence-corrected chi connectivity index (χ1v) is 14.7. The van der Waals surface area contributed by atoms with E-state index in [4.69, 9.17) is 18.9 Å². The van der Waals surface area contributed by atoms with E-state index in [1.807, 2.05) is 6.92 Å². The quantitative estimate of drug-likeness (QED) is 0.133. The van der Waals surface area contributed by atoms with Gasteiger partial charge in [-0.1, -0.05) is 6.92 Å². The van der Waals surface area contributed by atoms with Crippen LogP contribution in [-0.2, 0) is 18.9 Å². The van der Waals surface area contributed by atoms with Gasteiger partial charge in [-0.15, -0.1) is 0 Å². The Bertz CT molecular complexity index is 612. The summed E-state index contributed by atoms with van der Waals surface area (Å²) >= 11 is 0. The molecule has 0 radical (unpaired) electrons. The highest BCUT2D eigenvalue weighted by Crippen LogP contribution is 2.36. The van der Waals surface area contributed by atoms with Crippen molar-refractivity contribution in [1.29, 1.82) is 0 Å². The summed E-state index contributed by atoms with van der Waals surface area (Å²) in [6, 6.07) is 0. The Morgan fingerprint density at radius 2 is 0.974 bits per heavy atom. The summed E-state index contributed by atoms with van der Waals surface area (Å²) in [7, 11) is 0. The molecule has 0 amide bonds. The first kappa shape index (κ1) is 33.0. The van der Waals surface area contributed by atoms with Gasteiger partial charge >= 0.3 is 0 Å². The lowest BCUT2D eigenvalue weighted by Crippen LogP contribution is -2.53. The van der Waals surface area contributed by atoms with Gasteiger partial charge in [0.1, 0.15) is 0 Å². The molecular formula is C27H53N3O9. The fraction of sp³-hybridized carbons (Fsp3) is 1.00. The van der Waals surface area contributed by atoms with Gasteiger partial charge in [0.2, 0.25) is 0 Å². The highest BCUT2D eigenvalue weighted by Gasteiger charge is 2.45. The standard InChI is InChI=1S/C27H53N3O9/c1-2-27(21-39-20-24(33)19-30-7-13-38-14-8-30,25(34)15-22(31)17-28-3-9-36-10-4-28)26(35)16-23(32)18-29-5-11-37-12-6-29/h22-26,31-35H,2-21H2,1H3. The van der Waals surface area contributed by atoms with Crippen molar-refractivity contribution in [2.75, 3.05) is 112 Å². The summed E-state index contributed by atoms with van der Waals surface area (Å²) in [5.74, 6) is 0. The maximum atomic E-state index is 11.5. The number of hydrogen-bond acceptors (Lipinski definition) is 12. The predicted molar refractivity (Wildman–Crippen MR) is 145 cm³/mol. The number of β-amino-alcohol motifs (C(OH)–C–C–N with tert-alkyl or cyclic N) is 3. The van der Waals surface area contributed by atoms with Crippen LogP contribution in [0.2, 0.25) is 0 Å². The summed E-state index contributed by atoms with van der Waals surface area (Å²) in [5.41, 5.74) is -1.11. The fourth-order valence-electron chi connectivity index (χ4n) is 5.80. The Hall–Kier alpha value is -0.480. The zero-order chi connectivity index (χ0) is 28.1. The zero-order valence-corrected chi connectivity index (χ0v) is 23.7. The molecule has 0 bridgehead atoms. The summed E-state index contributed by atoms with van der Waals surface area (Å²) in [6.07, 6.45) is -3.92. The van der Waals surface area contributed by atoms with Crippen molar-refractivity contribution in [3.63, 3.8) is 0 Å². The first-order chi connectivity index (χ1) is 18.8. The lowest BCUT2D eigenvalue weighted by atomic mass is 9.71. The van der Waals surface area contributed by atoms with Crippen molar-refractivity contribution < 1.29 is 44.5 Å². The minimum absolute atomic E-state index is 0.000549. The van der Waals surface area contributed by atoms with E-state index in [0.29, 0.717) is 65.7 Å². The van der Waals surface area contributed by atoms with Crippen LogP contribution < -0.4 is 0 Å². The summed E-state index contributed by atoms with van der Waals surface area (Å²) in [6.45, 7) is 11.4. The molecule has 3 aliphatic rings. The van der Waals surface area contributed by atoms with E-state index in [1.165, 1.54) is 0 Å². The van der Waals surface area contributed by atoms with Crippen LogP contribution in [0.1, 0.15) is 26.2 Å². The van der Waals surface area contributed by atoms with E-state index in [0.717, 1.165) is 39.3 Å². The third-order valence-corrected chi connectivity index (χ3v) is 8.38. The average Bonchev–Trinajstić information content (AvgIpc) is 2.92. The van der Waals surface area contributed by atoms with Gasteiger partial charge in [-0.05, 0) is 6.42 Å². The predicted octanol–water partition coefficient (Wildman–Crippen LogP) is -2.02. The monoisotopic (exact) mass is 563 g/mol. The maximum absolute atomic E-state index is 11.5. The van der Waals surface area contributed by atoms with Crippen molar-refractivity contribution in [3.8, 4) is 0 Å². The molecule has 5 unspecified atom stereocenters. The van der Waals surface area contributed by atoms with E-state index >= 15 is 0 Å². The molecular weight excluding hydrogens is 510 g/mol. The van der Waals surface area contributed by atoms with Gasteiger partial charge < -0.3 is 44.5 Å². The molecule has 0 aromatic carbocycles. The number of aliphatic hydroxyl groups excluding tert-OH is 5. The lowest BCUT2D eigenvalue weighted by molar-refractivity contribution is -0.146. The third-order valence-electron chi connectivity index (χ3n) is 8.38. The maximum Gasteiger partial charge on any atom is 0.0900 e. The van der Waals surface area contributed by atoms with Crippen LogP contribution >= 0.6 is 0 Å². The second-order valence-corrected chi connectivity index (χ2v) is 11.3. The number of rotatable bonds is 17. The molecule has 0 aromatic rings. The molecule has 5 atom stereocenters. The number of morpholine rings is 3. The first-order valence-electron chi connectivity index (χ1n) is 14.7. The largest absolute Gasteiger partial charge is 0.392 e.